The topological polar surface area (TPSA) is 82.5 Å². The lowest BCUT2D eigenvalue weighted by molar-refractivity contribution is -0.138. The zero-order chi connectivity index (χ0) is 12.8. The molecule has 0 aliphatic heterocycles. The highest BCUT2D eigenvalue weighted by atomic mass is 16.4. The summed E-state index contributed by atoms with van der Waals surface area (Å²) in [5.41, 5.74) is 0.744. The van der Waals surface area contributed by atoms with Gasteiger partial charge in [-0.15, -0.1) is 0 Å². The van der Waals surface area contributed by atoms with E-state index in [0.29, 0.717) is 6.54 Å². The first-order valence-electron chi connectivity index (χ1n) is 5.15. The van der Waals surface area contributed by atoms with E-state index in [2.05, 4.69) is 10.3 Å². The van der Waals surface area contributed by atoms with Crippen LogP contribution in [0.5, 0.6) is 0 Å². The summed E-state index contributed by atoms with van der Waals surface area (Å²) in [5, 5.41) is 11.0. The fraction of sp³-hybridized carbons (Fsp3) is 0.364. The summed E-state index contributed by atoms with van der Waals surface area (Å²) < 4.78 is 0. The quantitative estimate of drug-likeness (QED) is 0.807. The molecule has 1 atom stereocenters. The maximum Gasteiger partial charge on any atom is 0.325 e. The van der Waals surface area contributed by atoms with Crippen molar-refractivity contribution in [1.29, 1.82) is 0 Å². The maximum absolute atomic E-state index is 11.6. The molecule has 1 aromatic rings. The molecule has 0 saturated heterocycles. The standard InChI is InChI=1S/C11H15N3O3/c1-8(10(15)16)13-11(17)14(2)7-9-5-3-4-6-12-9/h3-6,8H,7H2,1-2H3,(H,13,17)(H,15,16)/t8-/m1/s1. The summed E-state index contributed by atoms with van der Waals surface area (Å²) in [5.74, 6) is -1.07. The van der Waals surface area contributed by atoms with Crippen LogP contribution in [-0.2, 0) is 11.3 Å². The second kappa shape index (κ2) is 5.83. The number of carbonyl (C=O) groups is 2. The number of aromatic nitrogens is 1. The van der Waals surface area contributed by atoms with Crippen molar-refractivity contribution in [1.82, 2.24) is 15.2 Å². The monoisotopic (exact) mass is 237 g/mol. The lowest BCUT2D eigenvalue weighted by Gasteiger charge is -2.19. The summed E-state index contributed by atoms with van der Waals surface area (Å²) in [7, 11) is 1.58. The summed E-state index contributed by atoms with van der Waals surface area (Å²) in [4.78, 5) is 27.6. The van der Waals surface area contributed by atoms with Gasteiger partial charge in [0.05, 0.1) is 12.2 Å². The Morgan fingerprint density at radius 2 is 2.24 bits per heavy atom. The Bertz CT molecular complexity index is 394. The molecule has 0 aliphatic rings. The van der Waals surface area contributed by atoms with Gasteiger partial charge in [-0.3, -0.25) is 9.78 Å². The minimum atomic E-state index is -1.07. The SMILES string of the molecule is C[C@@H](NC(=O)N(C)Cc1ccccn1)C(=O)O. The van der Waals surface area contributed by atoms with E-state index in [1.807, 2.05) is 6.07 Å². The van der Waals surface area contributed by atoms with Gasteiger partial charge < -0.3 is 15.3 Å². The molecule has 17 heavy (non-hydrogen) atoms. The number of urea groups is 1. The van der Waals surface area contributed by atoms with Crippen molar-refractivity contribution in [2.75, 3.05) is 7.05 Å². The highest BCUT2D eigenvalue weighted by Gasteiger charge is 2.16. The lowest BCUT2D eigenvalue weighted by atomic mass is 10.3. The van der Waals surface area contributed by atoms with Gasteiger partial charge >= 0.3 is 12.0 Å². The fourth-order valence-corrected chi connectivity index (χ4v) is 1.16. The van der Waals surface area contributed by atoms with Crippen LogP contribution in [0.25, 0.3) is 0 Å². The average molecular weight is 237 g/mol. The number of carboxylic acids is 1. The van der Waals surface area contributed by atoms with Crippen molar-refractivity contribution in [3.63, 3.8) is 0 Å². The summed E-state index contributed by atoms with van der Waals surface area (Å²) in [6.45, 7) is 1.74. The highest BCUT2D eigenvalue weighted by Crippen LogP contribution is 1.99. The Kier molecular flexibility index (Phi) is 4.45. The Labute approximate surface area is 99.3 Å². The molecular weight excluding hydrogens is 222 g/mol. The molecule has 0 saturated carbocycles. The Hall–Kier alpha value is -2.11. The number of carboxylic acid groups (broad SMARTS) is 1. The second-order valence-corrected chi connectivity index (χ2v) is 3.69. The van der Waals surface area contributed by atoms with Crippen molar-refractivity contribution < 1.29 is 14.7 Å². The number of pyridine rings is 1. The fourth-order valence-electron chi connectivity index (χ4n) is 1.16. The number of nitrogens with one attached hydrogen (secondary N) is 1. The summed E-state index contributed by atoms with van der Waals surface area (Å²) >= 11 is 0. The normalized spacial score (nSPS) is 11.6. The van der Waals surface area contributed by atoms with Gasteiger partial charge in [-0.1, -0.05) is 6.07 Å². The number of hydrogen-bond donors (Lipinski definition) is 2. The highest BCUT2D eigenvalue weighted by molar-refractivity contribution is 5.82. The molecule has 1 aromatic heterocycles. The zero-order valence-electron chi connectivity index (χ0n) is 9.75. The van der Waals surface area contributed by atoms with Crippen LogP contribution in [0.3, 0.4) is 0 Å². The van der Waals surface area contributed by atoms with Gasteiger partial charge in [0.15, 0.2) is 0 Å². The predicted octanol–water partition coefficient (Wildman–Crippen LogP) is 0.696. The van der Waals surface area contributed by atoms with Crippen molar-refractivity contribution in [3.8, 4) is 0 Å². The van der Waals surface area contributed by atoms with Crippen LogP contribution in [0.1, 0.15) is 12.6 Å². The smallest absolute Gasteiger partial charge is 0.325 e. The van der Waals surface area contributed by atoms with Crippen LogP contribution in [0.2, 0.25) is 0 Å². The molecule has 2 N–H and O–H groups in total. The molecule has 0 aliphatic carbocycles. The first-order chi connectivity index (χ1) is 8.00. The van der Waals surface area contributed by atoms with Crippen LogP contribution in [0, 0.1) is 0 Å². The van der Waals surface area contributed by atoms with Crippen molar-refractivity contribution in [2.45, 2.75) is 19.5 Å². The second-order valence-electron chi connectivity index (χ2n) is 3.69. The molecule has 1 rings (SSSR count). The van der Waals surface area contributed by atoms with E-state index in [1.54, 1.807) is 25.4 Å². The number of rotatable bonds is 4. The molecule has 0 fully saturated rings. The van der Waals surface area contributed by atoms with Gasteiger partial charge in [-0.25, -0.2) is 4.79 Å². The van der Waals surface area contributed by atoms with Crippen LogP contribution in [0.15, 0.2) is 24.4 Å². The van der Waals surface area contributed by atoms with Gasteiger partial charge in [-0.2, -0.15) is 0 Å². The third kappa shape index (κ3) is 4.10. The summed E-state index contributed by atoms with van der Waals surface area (Å²) in [6.07, 6.45) is 1.64. The van der Waals surface area contributed by atoms with E-state index in [9.17, 15) is 9.59 Å². The van der Waals surface area contributed by atoms with E-state index in [-0.39, 0.29) is 0 Å². The maximum atomic E-state index is 11.6. The lowest BCUT2D eigenvalue weighted by Crippen LogP contribution is -2.44. The molecule has 92 valence electrons. The molecule has 1 heterocycles. The Morgan fingerprint density at radius 1 is 1.53 bits per heavy atom. The number of amides is 2. The first kappa shape index (κ1) is 13.0. The molecule has 0 bridgehead atoms. The van der Waals surface area contributed by atoms with Gasteiger partial charge in [0.1, 0.15) is 6.04 Å². The van der Waals surface area contributed by atoms with E-state index >= 15 is 0 Å². The van der Waals surface area contributed by atoms with Crippen LogP contribution < -0.4 is 5.32 Å². The average Bonchev–Trinajstić information content (AvgIpc) is 2.29. The number of nitrogens with zero attached hydrogens (tertiary/aromatic N) is 2. The van der Waals surface area contributed by atoms with E-state index in [1.165, 1.54) is 11.8 Å². The van der Waals surface area contributed by atoms with E-state index in [0.717, 1.165) is 5.69 Å². The Balaban J connectivity index is 2.50. The predicted molar refractivity (Wildman–Crippen MR) is 61.3 cm³/mol. The molecule has 6 nitrogen and oxygen atoms in total. The number of aliphatic carboxylic acids is 1. The van der Waals surface area contributed by atoms with Crippen molar-refractivity contribution in [2.24, 2.45) is 0 Å². The number of hydrogen-bond acceptors (Lipinski definition) is 3. The van der Waals surface area contributed by atoms with Crippen LogP contribution in [-0.4, -0.2) is 40.1 Å². The van der Waals surface area contributed by atoms with Gasteiger partial charge in [0.25, 0.3) is 0 Å². The number of carbonyl (C=O) groups excluding carboxylic acids is 1. The van der Waals surface area contributed by atoms with Gasteiger partial charge in [0, 0.05) is 13.2 Å². The molecule has 2 amide bonds. The largest absolute Gasteiger partial charge is 0.480 e. The van der Waals surface area contributed by atoms with Crippen LogP contribution in [0.4, 0.5) is 4.79 Å². The summed E-state index contributed by atoms with van der Waals surface area (Å²) in [6, 6.07) is 4.06. The third-order valence-electron chi connectivity index (χ3n) is 2.18. The molecule has 0 aromatic carbocycles. The van der Waals surface area contributed by atoms with Crippen molar-refractivity contribution in [3.05, 3.63) is 30.1 Å². The minimum absolute atomic E-state index is 0.332. The third-order valence-corrected chi connectivity index (χ3v) is 2.18. The van der Waals surface area contributed by atoms with Crippen LogP contribution >= 0.6 is 0 Å². The van der Waals surface area contributed by atoms with Gasteiger partial charge in [-0.05, 0) is 19.1 Å². The first-order valence-corrected chi connectivity index (χ1v) is 5.15. The van der Waals surface area contributed by atoms with E-state index < -0.39 is 18.0 Å². The minimum Gasteiger partial charge on any atom is -0.480 e. The molecule has 0 spiro atoms. The molecule has 0 unspecified atom stereocenters. The van der Waals surface area contributed by atoms with E-state index in [4.69, 9.17) is 5.11 Å². The molecular formula is C11H15N3O3. The van der Waals surface area contributed by atoms with Crippen molar-refractivity contribution >= 4 is 12.0 Å². The van der Waals surface area contributed by atoms with Gasteiger partial charge in [0.2, 0.25) is 0 Å². The molecule has 0 radical (unpaired) electrons. The molecule has 6 heteroatoms. The zero-order valence-corrected chi connectivity index (χ0v) is 9.75. The Morgan fingerprint density at radius 3 is 2.76 bits per heavy atom.